The third-order valence-electron chi connectivity index (χ3n) is 3.66. The van der Waals surface area contributed by atoms with Crippen molar-refractivity contribution >= 4 is 30.1 Å². The van der Waals surface area contributed by atoms with Crippen molar-refractivity contribution in [1.82, 2.24) is 10.2 Å². The Morgan fingerprint density at radius 3 is 2.68 bits per heavy atom. The molecule has 1 atom stereocenters. The van der Waals surface area contributed by atoms with Crippen molar-refractivity contribution < 1.29 is 4.79 Å². The van der Waals surface area contributed by atoms with Crippen molar-refractivity contribution in [1.29, 1.82) is 0 Å². The summed E-state index contributed by atoms with van der Waals surface area (Å²) in [5, 5.41) is 2.96. The lowest BCUT2D eigenvalue weighted by Gasteiger charge is -2.29. The maximum atomic E-state index is 11.7. The van der Waals surface area contributed by atoms with E-state index < -0.39 is 0 Å². The standard InChI is InChI=1S/C13H27N3OS.ClH/c1-16-8-4-11(5-9-16)3-7-15-13(17)12(14)6-10-18-2;/h11-12H,3-10,14H2,1-2H3,(H,15,17);1H/t12-;/m0./s1. The first-order chi connectivity index (χ1) is 8.63. The van der Waals surface area contributed by atoms with Gasteiger partial charge in [0.1, 0.15) is 0 Å². The summed E-state index contributed by atoms with van der Waals surface area (Å²) in [6.07, 6.45) is 6.40. The number of halogens is 1. The molecule has 0 aromatic rings. The number of nitrogens with zero attached hydrogens (tertiary/aromatic N) is 1. The van der Waals surface area contributed by atoms with Crippen LogP contribution in [0.2, 0.25) is 0 Å². The number of nitrogens with one attached hydrogen (secondary N) is 1. The lowest BCUT2D eigenvalue weighted by atomic mass is 9.94. The molecular formula is C13H28ClN3OS. The number of thioether (sulfide) groups is 1. The van der Waals surface area contributed by atoms with Crippen LogP contribution in [0, 0.1) is 5.92 Å². The average molecular weight is 310 g/mol. The van der Waals surface area contributed by atoms with Gasteiger partial charge in [0, 0.05) is 6.54 Å². The summed E-state index contributed by atoms with van der Waals surface area (Å²) in [5.74, 6) is 1.73. The number of nitrogens with two attached hydrogens (primary N) is 1. The number of piperidine rings is 1. The zero-order valence-corrected chi connectivity index (χ0v) is 13.7. The molecule has 114 valence electrons. The van der Waals surface area contributed by atoms with Gasteiger partial charge in [0.2, 0.25) is 5.91 Å². The van der Waals surface area contributed by atoms with E-state index in [-0.39, 0.29) is 24.4 Å². The van der Waals surface area contributed by atoms with Gasteiger partial charge in [-0.3, -0.25) is 4.79 Å². The maximum Gasteiger partial charge on any atom is 0.236 e. The fraction of sp³-hybridized carbons (Fsp3) is 0.923. The van der Waals surface area contributed by atoms with Crippen LogP contribution in [0.3, 0.4) is 0 Å². The number of carbonyl (C=O) groups excluding carboxylic acids is 1. The monoisotopic (exact) mass is 309 g/mol. The van der Waals surface area contributed by atoms with Crippen molar-refractivity contribution in [2.45, 2.75) is 31.7 Å². The smallest absolute Gasteiger partial charge is 0.236 e. The van der Waals surface area contributed by atoms with E-state index in [0.29, 0.717) is 0 Å². The van der Waals surface area contributed by atoms with E-state index in [1.54, 1.807) is 11.8 Å². The lowest BCUT2D eigenvalue weighted by molar-refractivity contribution is -0.122. The van der Waals surface area contributed by atoms with Gasteiger partial charge in [-0.2, -0.15) is 11.8 Å². The number of hydrogen-bond donors (Lipinski definition) is 2. The lowest BCUT2D eigenvalue weighted by Crippen LogP contribution is -2.42. The van der Waals surface area contributed by atoms with Crippen LogP contribution in [0.25, 0.3) is 0 Å². The minimum Gasteiger partial charge on any atom is -0.355 e. The van der Waals surface area contributed by atoms with E-state index in [2.05, 4.69) is 17.3 Å². The minimum atomic E-state index is -0.338. The first-order valence-corrected chi connectivity index (χ1v) is 8.23. The zero-order valence-electron chi connectivity index (χ0n) is 12.1. The van der Waals surface area contributed by atoms with Crippen molar-refractivity contribution in [3.63, 3.8) is 0 Å². The van der Waals surface area contributed by atoms with Crippen LogP contribution >= 0.6 is 24.2 Å². The molecule has 1 aliphatic heterocycles. The average Bonchev–Trinajstić information content (AvgIpc) is 2.38. The molecule has 1 aliphatic rings. The Kier molecular flexibility index (Phi) is 10.8. The number of amides is 1. The van der Waals surface area contributed by atoms with Gasteiger partial charge in [-0.1, -0.05) is 0 Å². The van der Waals surface area contributed by atoms with Gasteiger partial charge in [-0.05, 0) is 63.7 Å². The molecule has 0 aliphatic carbocycles. The number of hydrogen-bond acceptors (Lipinski definition) is 4. The Balaban J connectivity index is 0.00000324. The van der Waals surface area contributed by atoms with E-state index >= 15 is 0 Å². The zero-order chi connectivity index (χ0) is 13.4. The van der Waals surface area contributed by atoms with Crippen LogP contribution in [0.1, 0.15) is 25.7 Å². The van der Waals surface area contributed by atoms with Crippen LogP contribution < -0.4 is 11.1 Å². The fourth-order valence-corrected chi connectivity index (χ4v) is 2.75. The highest BCUT2D eigenvalue weighted by Crippen LogP contribution is 2.18. The largest absolute Gasteiger partial charge is 0.355 e. The molecule has 19 heavy (non-hydrogen) atoms. The second-order valence-electron chi connectivity index (χ2n) is 5.21. The molecule has 6 heteroatoms. The van der Waals surface area contributed by atoms with Gasteiger partial charge in [0.25, 0.3) is 0 Å². The molecule has 0 aromatic heterocycles. The van der Waals surface area contributed by atoms with E-state index in [4.69, 9.17) is 5.73 Å². The summed E-state index contributed by atoms with van der Waals surface area (Å²) in [6.45, 7) is 3.15. The fourth-order valence-electron chi connectivity index (χ4n) is 2.26. The summed E-state index contributed by atoms with van der Waals surface area (Å²) in [7, 11) is 2.17. The van der Waals surface area contributed by atoms with E-state index in [0.717, 1.165) is 31.1 Å². The molecular weight excluding hydrogens is 282 g/mol. The molecule has 0 bridgehead atoms. The normalized spacial score (nSPS) is 18.7. The summed E-state index contributed by atoms with van der Waals surface area (Å²) in [5.41, 5.74) is 5.81. The molecule has 1 saturated heterocycles. The first kappa shape index (κ1) is 19.0. The second kappa shape index (κ2) is 10.8. The minimum absolute atomic E-state index is 0. The topological polar surface area (TPSA) is 58.4 Å². The molecule has 0 saturated carbocycles. The first-order valence-electron chi connectivity index (χ1n) is 6.84. The van der Waals surface area contributed by atoms with Crippen molar-refractivity contribution in [3.8, 4) is 0 Å². The molecule has 0 radical (unpaired) electrons. The van der Waals surface area contributed by atoms with E-state index in [1.165, 1.54) is 25.9 Å². The predicted molar refractivity (Wildman–Crippen MR) is 86.1 cm³/mol. The maximum absolute atomic E-state index is 11.7. The number of carbonyl (C=O) groups is 1. The highest BCUT2D eigenvalue weighted by molar-refractivity contribution is 7.98. The Hall–Kier alpha value is 0.0300. The molecule has 0 unspecified atom stereocenters. The molecule has 4 nitrogen and oxygen atoms in total. The molecule has 1 amide bonds. The Morgan fingerprint density at radius 1 is 1.47 bits per heavy atom. The van der Waals surface area contributed by atoms with Crippen LogP contribution in [-0.2, 0) is 4.79 Å². The third kappa shape index (κ3) is 8.02. The van der Waals surface area contributed by atoms with Crippen LogP contribution in [-0.4, -0.2) is 55.5 Å². The molecule has 1 rings (SSSR count). The second-order valence-corrected chi connectivity index (χ2v) is 6.20. The van der Waals surface area contributed by atoms with Crippen molar-refractivity contribution in [3.05, 3.63) is 0 Å². The molecule has 3 N–H and O–H groups in total. The van der Waals surface area contributed by atoms with Crippen LogP contribution in [0.15, 0.2) is 0 Å². The Bertz CT molecular complexity index is 248. The predicted octanol–water partition coefficient (Wildman–Crippen LogP) is 1.34. The van der Waals surface area contributed by atoms with Gasteiger partial charge in [-0.25, -0.2) is 0 Å². The Morgan fingerprint density at radius 2 is 2.11 bits per heavy atom. The third-order valence-corrected chi connectivity index (χ3v) is 4.30. The van der Waals surface area contributed by atoms with Gasteiger partial charge in [-0.15, -0.1) is 12.4 Å². The molecule has 0 spiro atoms. The Labute approximate surface area is 127 Å². The summed E-state index contributed by atoms with van der Waals surface area (Å²) < 4.78 is 0. The van der Waals surface area contributed by atoms with Crippen molar-refractivity contribution in [2.75, 3.05) is 38.7 Å². The number of likely N-dealkylation sites (tertiary alicyclic amines) is 1. The van der Waals surface area contributed by atoms with E-state index in [9.17, 15) is 4.79 Å². The molecule has 0 aromatic carbocycles. The summed E-state index contributed by atoms with van der Waals surface area (Å²) in [4.78, 5) is 14.1. The van der Waals surface area contributed by atoms with Gasteiger partial charge in [0.15, 0.2) is 0 Å². The number of rotatable bonds is 7. The summed E-state index contributed by atoms with van der Waals surface area (Å²) >= 11 is 1.73. The van der Waals surface area contributed by atoms with Crippen LogP contribution in [0.4, 0.5) is 0 Å². The highest BCUT2D eigenvalue weighted by atomic mass is 35.5. The highest BCUT2D eigenvalue weighted by Gasteiger charge is 2.17. The van der Waals surface area contributed by atoms with E-state index in [1.807, 2.05) is 6.26 Å². The molecule has 1 heterocycles. The van der Waals surface area contributed by atoms with Gasteiger partial charge in [0.05, 0.1) is 6.04 Å². The quantitative estimate of drug-likeness (QED) is 0.745. The molecule has 1 fully saturated rings. The van der Waals surface area contributed by atoms with Gasteiger partial charge >= 0.3 is 0 Å². The summed E-state index contributed by atoms with van der Waals surface area (Å²) in [6, 6.07) is -0.338. The van der Waals surface area contributed by atoms with Crippen LogP contribution in [0.5, 0.6) is 0 Å². The SMILES string of the molecule is CSCC[C@H](N)C(=O)NCCC1CCN(C)CC1.Cl. The van der Waals surface area contributed by atoms with Crippen molar-refractivity contribution in [2.24, 2.45) is 11.7 Å². The van der Waals surface area contributed by atoms with Gasteiger partial charge < -0.3 is 16.0 Å².